The Labute approximate surface area is 163 Å². The second-order valence-electron chi connectivity index (χ2n) is 7.11. The van der Waals surface area contributed by atoms with Crippen LogP contribution in [0, 0.1) is 0 Å². The highest BCUT2D eigenvalue weighted by Crippen LogP contribution is 2.31. The van der Waals surface area contributed by atoms with Crippen LogP contribution < -0.4 is 4.90 Å². The van der Waals surface area contributed by atoms with Gasteiger partial charge >= 0.3 is 0 Å². The van der Waals surface area contributed by atoms with Crippen molar-refractivity contribution in [3.05, 3.63) is 72.3 Å². The Bertz CT molecular complexity index is 1070. The standard InChI is InChI=1S/C23H21N3O2/c27-23-22(24-19-10-9-17-5-1-2-6-18(17)15-19)20-7-3-4-8-21(20)26(23)16-25-11-13-28-14-12-25/h1-10,15H,11-14,16H2. The lowest BCUT2D eigenvalue weighted by Crippen LogP contribution is -2.45. The zero-order valence-corrected chi connectivity index (χ0v) is 15.5. The van der Waals surface area contributed by atoms with Crippen LogP contribution in [-0.2, 0) is 9.53 Å². The number of hydrogen-bond donors (Lipinski definition) is 0. The first-order valence-corrected chi connectivity index (χ1v) is 9.58. The summed E-state index contributed by atoms with van der Waals surface area (Å²) in [4.78, 5) is 22.1. The summed E-state index contributed by atoms with van der Waals surface area (Å²) in [6.45, 7) is 3.66. The van der Waals surface area contributed by atoms with Crippen LogP contribution in [0.15, 0.2) is 71.7 Å². The van der Waals surface area contributed by atoms with E-state index in [9.17, 15) is 4.79 Å². The third-order valence-electron chi connectivity index (χ3n) is 5.32. The van der Waals surface area contributed by atoms with Crippen molar-refractivity contribution in [2.75, 3.05) is 37.9 Å². The van der Waals surface area contributed by atoms with Crippen molar-refractivity contribution < 1.29 is 9.53 Å². The number of ether oxygens (including phenoxy) is 1. The summed E-state index contributed by atoms with van der Waals surface area (Å²) in [5.74, 6) is -0.0409. The van der Waals surface area contributed by atoms with Crippen molar-refractivity contribution in [1.29, 1.82) is 0 Å². The zero-order chi connectivity index (χ0) is 18.9. The second-order valence-corrected chi connectivity index (χ2v) is 7.11. The van der Waals surface area contributed by atoms with Gasteiger partial charge in [0.1, 0.15) is 5.71 Å². The Morgan fingerprint density at radius 2 is 1.64 bits per heavy atom. The molecule has 0 bridgehead atoms. The van der Waals surface area contributed by atoms with Crippen LogP contribution in [0.2, 0.25) is 0 Å². The molecule has 2 aliphatic heterocycles. The van der Waals surface area contributed by atoms with Crippen LogP contribution in [0.5, 0.6) is 0 Å². The van der Waals surface area contributed by atoms with Crippen molar-refractivity contribution >= 4 is 33.8 Å². The predicted octanol–water partition coefficient (Wildman–Crippen LogP) is 3.60. The minimum Gasteiger partial charge on any atom is -0.379 e. The molecule has 2 aliphatic rings. The quantitative estimate of drug-likeness (QED) is 0.707. The molecule has 0 aliphatic carbocycles. The highest BCUT2D eigenvalue weighted by atomic mass is 16.5. The van der Waals surface area contributed by atoms with Gasteiger partial charge in [-0.25, -0.2) is 4.99 Å². The average Bonchev–Trinajstić information content (AvgIpc) is 3.00. The van der Waals surface area contributed by atoms with Gasteiger partial charge in [0.05, 0.1) is 31.3 Å². The molecule has 2 heterocycles. The van der Waals surface area contributed by atoms with Gasteiger partial charge in [-0.05, 0) is 29.0 Å². The van der Waals surface area contributed by atoms with E-state index in [1.807, 2.05) is 59.5 Å². The maximum atomic E-state index is 13.2. The van der Waals surface area contributed by atoms with Gasteiger partial charge in [0.15, 0.2) is 0 Å². The summed E-state index contributed by atoms with van der Waals surface area (Å²) in [7, 11) is 0. The van der Waals surface area contributed by atoms with E-state index in [-0.39, 0.29) is 5.91 Å². The number of fused-ring (bicyclic) bond motifs is 2. The smallest absolute Gasteiger partial charge is 0.278 e. The molecule has 0 saturated carbocycles. The normalized spacial score (nSPS) is 18.8. The Balaban J connectivity index is 1.51. The van der Waals surface area contributed by atoms with Crippen molar-refractivity contribution in [3.8, 4) is 0 Å². The number of carbonyl (C=O) groups excluding carboxylic acids is 1. The number of amides is 1. The molecular weight excluding hydrogens is 350 g/mol. The third kappa shape index (κ3) is 3.09. The molecule has 0 aromatic heterocycles. The number of nitrogens with zero attached hydrogens (tertiary/aromatic N) is 3. The molecule has 28 heavy (non-hydrogen) atoms. The predicted molar refractivity (Wildman–Crippen MR) is 111 cm³/mol. The van der Waals surface area contributed by atoms with E-state index in [4.69, 9.17) is 9.73 Å². The SMILES string of the molecule is O=C1C(=Nc2ccc3ccccc3c2)c2ccccc2N1CN1CCOCC1. The van der Waals surface area contributed by atoms with Gasteiger partial charge < -0.3 is 4.74 Å². The van der Waals surface area contributed by atoms with Crippen LogP contribution in [0.25, 0.3) is 10.8 Å². The van der Waals surface area contributed by atoms with Gasteiger partial charge in [0.25, 0.3) is 5.91 Å². The number of anilines is 1. The molecule has 5 heteroatoms. The molecule has 1 amide bonds. The monoisotopic (exact) mass is 371 g/mol. The lowest BCUT2D eigenvalue weighted by molar-refractivity contribution is -0.112. The molecule has 3 aromatic carbocycles. The van der Waals surface area contributed by atoms with Crippen LogP contribution in [0.1, 0.15) is 5.56 Å². The van der Waals surface area contributed by atoms with Crippen LogP contribution >= 0.6 is 0 Å². The van der Waals surface area contributed by atoms with Crippen LogP contribution in [0.3, 0.4) is 0 Å². The summed E-state index contributed by atoms with van der Waals surface area (Å²) >= 11 is 0. The maximum absolute atomic E-state index is 13.2. The first-order valence-electron chi connectivity index (χ1n) is 9.58. The van der Waals surface area contributed by atoms with Gasteiger partial charge in [0.2, 0.25) is 0 Å². The van der Waals surface area contributed by atoms with Crippen molar-refractivity contribution in [2.45, 2.75) is 0 Å². The van der Waals surface area contributed by atoms with Crippen LogP contribution in [0.4, 0.5) is 11.4 Å². The topological polar surface area (TPSA) is 45.1 Å². The fraction of sp³-hybridized carbons (Fsp3) is 0.217. The molecule has 0 unspecified atom stereocenters. The second kappa shape index (κ2) is 7.19. The highest BCUT2D eigenvalue weighted by Gasteiger charge is 2.34. The average molecular weight is 371 g/mol. The Kier molecular flexibility index (Phi) is 4.39. The number of hydrogen-bond acceptors (Lipinski definition) is 4. The van der Waals surface area contributed by atoms with E-state index in [1.54, 1.807) is 0 Å². The molecule has 0 spiro atoms. The van der Waals surface area contributed by atoms with E-state index < -0.39 is 0 Å². The first kappa shape index (κ1) is 17.1. The third-order valence-corrected chi connectivity index (χ3v) is 5.32. The maximum Gasteiger partial charge on any atom is 0.278 e. The van der Waals surface area contributed by atoms with E-state index >= 15 is 0 Å². The van der Waals surface area contributed by atoms with Crippen molar-refractivity contribution in [2.24, 2.45) is 4.99 Å². The summed E-state index contributed by atoms with van der Waals surface area (Å²) in [5, 5.41) is 2.28. The molecule has 1 saturated heterocycles. The van der Waals surface area contributed by atoms with Gasteiger partial charge in [-0.1, -0.05) is 48.5 Å². The molecule has 5 rings (SSSR count). The Hall–Kier alpha value is -3.02. The summed E-state index contributed by atoms with van der Waals surface area (Å²) in [5.41, 5.74) is 3.14. The van der Waals surface area contributed by atoms with Crippen molar-refractivity contribution in [3.63, 3.8) is 0 Å². The molecule has 140 valence electrons. The largest absolute Gasteiger partial charge is 0.379 e. The van der Waals surface area contributed by atoms with Gasteiger partial charge in [-0.15, -0.1) is 0 Å². The molecule has 5 nitrogen and oxygen atoms in total. The van der Waals surface area contributed by atoms with E-state index in [0.717, 1.165) is 35.4 Å². The minimum absolute atomic E-state index is 0.0409. The lowest BCUT2D eigenvalue weighted by atomic mass is 10.1. The molecule has 0 radical (unpaired) electrons. The van der Waals surface area contributed by atoms with E-state index in [2.05, 4.69) is 17.0 Å². The Morgan fingerprint density at radius 3 is 2.50 bits per heavy atom. The fourth-order valence-electron chi connectivity index (χ4n) is 3.83. The number of rotatable bonds is 3. The van der Waals surface area contributed by atoms with Gasteiger partial charge in [-0.2, -0.15) is 0 Å². The molecule has 1 fully saturated rings. The van der Waals surface area contributed by atoms with E-state index in [1.165, 1.54) is 5.39 Å². The number of morpholine rings is 1. The summed E-state index contributed by atoms with van der Waals surface area (Å²) in [6, 6.07) is 22.1. The number of carbonyl (C=O) groups is 1. The summed E-state index contributed by atoms with van der Waals surface area (Å²) in [6.07, 6.45) is 0. The zero-order valence-electron chi connectivity index (χ0n) is 15.5. The first-order chi connectivity index (χ1) is 13.8. The van der Waals surface area contributed by atoms with Crippen molar-refractivity contribution in [1.82, 2.24) is 4.90 Å². The fourth-order valence-corrected chi connectivity index (χ4v) is 3.83. The molecular formula is C23H21N3O2. The molecule has 3 aromatic rings. The number of para-hydroxylation sites is 1. The van der Waals surface area contributed by atoms with Gasteiger partial charge in [0, 0.05) is 18.7 Å². The molecule has 0 N–H and O–H groups in total. The van der Waals surface area contributed by atoms with Crippen LogP contribution in [-0.4, -0.2) is 49.5 Å². The highest BCUT2D eigenvalue weighted by molar-refractivity contribution is 6.54. The summed E-state index contributed by atoms with van der Waals surface area (Å²) < 4.78 is 5.43. The Morgan fingerprint density at radius 1 is 0.893 bits per heavy atom. The minimum atomic E-state index is -0.0409. The number of benzene rings is 3. The lowest BCUT2D eigenvalue weighted by Gasteiger charge is -2.30. The van der Waals surface area contributed by atoms with E-state index in [0.29, 0.717) is 25.6 Å². The molecule has 0 atom stereocenters. The van der Waals surface area contributed by atoms with Gasteiger partial charge in [-0.3, -0.25) is 14.6 Å². The number of aliphatic imine (C=N–C) groups is 1.